The molecule has 4 aromatic rings. The van der Waals surface area contributed by atoms with E-state index >= 15 is 0 Å². The summed E-state index contributed by atoms with van der Waals surface area (Å²) in [5.41, 5.74) is 4.20. The number of allylic oxidation sites excluding steroid dienone is 2. The van der Waals surface area contributed by atoms with Crippen LogP contribution in [0, 0.1) is 0 Å². The first kappa shape index (κ1) is 24.4. The molecule has 178 valence electrons. The lowest BCUT2D eigenvalue weighted by molar-refractivity contribution is -0.107. The molecule has 0 bridgehead atoms. The topological polar surface area (TPSA) is 52.6 Å². The van der Waals surface area contributed by atoms with Gasteiger partial charge >= 0.3 is 0 Å². The molecule has 0 amide bonds. The third kappa shape index (κ3) is 7.15. The number of hydrogen-bond donors (Lipinski definition) is 0. The number of carbonyl (C=O) groups is 2. The Bertz CT molecular complexity index is 1250. The number of ether oxygens (including phenoxy) is 2. The molecular formula is C32H26O4. The van der Waals surface area contributed by atoms with Crippen LogP contribution in [0.25, 0.3) is 12.2 Å². The second-order valence-corrected chi connectivity index (χ2v) is 8.13. The van der Waals surface area contributed by atoms with Crippen molar-refractivity contribution < 1.29 is 19.1 Å². The van der Waals surface area contributed by atoms with E-state index in [1.807, 2.05) is 109 Å². The average Bonchev–Trinajstić information content (AvgIpc) is 2.94. The van der Waals surface area contributed by atoms with Crippen molar-refractivity contribution in [3.05, 3.63) is 143 Å². The third-order valence-electron chi connectivity index (χ3n) is 5.44. The predicted octanol–water partition coefficient (Wildman–Crippen LogP) is 6.71. The van der Waals surface area contributed by atoms with Crippen molar-refractivity contribution in [1.82, 2.24) is 0 Å². The van der Waals surface area contributed by atoms with Gasteiger partial charge in [0.15, 0.2) is 12.6 Å². The van der Waals surface area contributed by atoms with Gasteiger partial charge in [-0.3, -0.25) is 9.59 Å². The smallest absolute Gasteiger partial charge is 0.150 e. The summed E-state index contributed by atoms with van der Waals surface area (Å²) in [4.78, 5) is 23.8. The summed E-state index contributed by atoms with van der Waals surface area (Å²) in [7, 11) is 0. The predicted molar refractivity (Wildman–Crippen MR) is 143 cm³/mol. The van der Waals surface area contributed by atoms with Gasteiger partial charge in [-0.1, -0.05) is 84.9 Å². The molecule has 0 aliphatic heterocycles. The van der Waals surface area contributed by atoms with Crippen LogP contribution in [0.4, 0.5) is 0 Å². The Balaban J connectivity index is 1.49. The van der Waals surface area contributed by atoms with Crippen LogP contribution in [-0.2, 0) is 22.8 Å². The monoisotopic (exact) mass is 474 g/mol. The van der Waals surface area contributed by atoms with Crippen LogP contribution in [0.3, 0.4) is 0 Å². The molecule has 0 saturated heterocycles. The standard InChI is InChI=1S/C32H26O4/c33-21-29(17-27-13-7-15-31(19-27)35-23-25-9-3-1-4-10-25)30(22-34)18-28-14-8-16-32(20-28)36-24-26-11-5-2-6-12-26/h1-22H,23-24H2/b29-17+,30-18+. The molecule has 0 unspecified atom stereocenters. The van der Waals surface area contributed by atoms with E-state index in [1.165, 1.54) is 0 Å². The van der Waals surface area contributed by atoms with Crippen LogP contribution in [0.1, 0.15) is 22.3 Å². The Morgan fingerprint density at radius 1 is 0.528 bits per heavy atom. The molecule has 0 heterocycles. The minimum atomic E-state index is 0.279. The highest BCUT2D eigenvalue weighted by molar-refractivity contribution is 6.02. The SMILES string of the molecule is O=CC(=C\c1cccc(OCc2ccccc2)c1)/C(C=O)=C/c1cccc(OCc2ccccc2)c1. The molecule has 0 saturated carbocycles. The fourth-order valence-corrected chi connectivity index (χ4v) is 3.60. The summed E-state index contributed by atoms with van der Waals surface area (Å²) in [6.07, 6.45) is 4.73. The molecule has 0 radical (unpaired) electrons. The van der Waals surface area contributed by atoms with E-state index in [0.717, 1.165) is 22.3 Å². The minimum Gasteiger partial charge on any atom is -0.489 e. The van der Waals surface area contributed by atoms with Gasteiger partial charge in [0.2, 0.25) is 0 Å². The summed E-state index contributed by atoms with van der Waals surface area (Å²) in [5.74, 6) is 1.36. The Morgan fingerprint density at radius 3 is 1.33 bits per heavy atom. The molecule has 0 fully saturated rings. The summed E-state index contributed by atoms with van der Waals surface area (Å²) < 4.78 is 11.8. The molecule has 0 spiro atoms. The van der Waals surface area contributed by atoms with Crippen molar-refractivity contribution in [2.24, 2.45) is 0 Å². The molecule has 0 atom stereocenters. The van der Waals surface area contributed by atoms with Gasteiger partial charge in [0.05, 0.1) is 0 Å². The van der Waals surface area contributed by atoms with Crippen molar-refractivity contribution in [1.29, 1.82) is 0 Å². The molecule has 0 aliphatic rings. The van der Waals surface area contributed by atoms with Gasteiger partial charge in [-0.25, -0.2) is 0 Å². The Morgan fingerprint density at radius 2 is 0.944 bits per heavy atom. The van der Waals surface area contributed by atoms with Gasteiger partial charge in [-0.2, -0.15) is 0 Å². The number of benzene rings is 4. The van der Waals surface area contributed by atoms with Crippen LogP contribution in [0.15, 0.2) is 120 Å². The second kappa shape index (κ2) is 12.7. The molecule has 0 N–H and O–H groups in total. The van der Waals surface area contributed by atoms with E-state index < -0.39 is 0 Å². The normalized spacial score (nSPS) is 11.6. The van der Waals surface area contributed by atoms with E-state index in [-0.39, 0.29) is 11.1 Å². The first-order valence-electron chi connectivity index (χ1n) is 11.6. The maximum absolute atomic E-state index is 11.9. The number of carbonyl (C=O) groups excluding carboxylic acids is 2. The van der Waals surface area contributed by atoms with E-state index in [9.17, 15) is 9.59 Å². The van der Waals surface area contributed by atoms with E-state index in [1.54, 1.807) is 12.2 Å². The summed E-state index contributed by atoms with van der Waals surface area (Å²) in [6, 6.07) is 34.6. The fourth-order valence-electron chi connectivity index (χ4n) is 3.60. The molecular weight excluding hydrogens is 448 g/mol. The zero-order chi connectivity index (χ0) is 25.0. The Kier molecular flexibility index (Phi) is 8.60. The highest BCUT2D eigenvalue weighted by Gasteiger charge is 2.06. The first-order valence-corrected chi connectivity index (χ1v) is 11.6. The third-order valence-corrected chi connectivity index (χ3v) is 5.44. The quantitative estimate of drug-likeness (QED) is 0.138. The number of aldehydes is 2. The molecule has 0 aromatic heterocycles. The lowest BCUT2D eigenvalue weighted by Crippen LogP contribution is -1.96. The molecule has 0 aliphatic carbocycles. The summed E-state index contributed by atoms with van der Waals surface area (Å²) in [5, 5.41) is 0. The van der Waals surface area contributed by atoms with Gasteiger partial charge in [-0.05, 0) is 58.7 Å². The number of hydrogen-bond acceptors (Lipinski definition) is 4. The van der Waals surface area contributed by atoms with Gasteiger partial charge < -0.3 is 9.47 Å². The minimum absolute atomic E-state index is 0.279. The molecule has 4 aromatic carbocycles. The zero-order valence-electron chi connectivity index (χ0n) is 19.7. The van der Waals surface area contributed by atoms with Crippen molar-refractivity contribution in [2.75, 3.05) is 0 Å². The van der Waals surface area contributed by atoms with Crippen molar-refractivity contribution in [3.8, 4) is 11.5 Å². The maximum Gasteiger partial charge on any atom is 0.150 e. The van der Waals surface area contributed by atoms with E-state index in [2.05, 4.69) is 0 Å². The molecule has 4 rings (SSSR count). The van der Waals surface area contributed by atoms with E-state index in [0.29, 0.717) is 37.3 Å². The number of rotatable bonds is 11. The first-order chi connectivity index (χ1) is 17.7. The molecule has 36 heavy (non-hydrogen) atoms. The average molecular weight is 475 g/mol. The fraction of sp³-hybridized carbons (Fsp3) is 0.0625. The van der Waals surface area contributed by atoms with Crippen molar-refractivity contribution >= 4 is 24.7 Å². The van der Waals surface area contributed by atoms with Crippen LogP contribution in [-0.4, -0.2) is 12.6 Å². The zero-order valence-corrected chi connectivity index (χ0v) is 19.7. The summed E-state index contributed by atoms with van der Waals surface area (Å²) >= 11 is 0. The highest BCUT2D eigenvalue weighted by Crippen LogP contribution is 2.22. The molecule has 4 nitrogen and oxygen atoms in total. The van der Waals surface area contributed by atoms with Crippen LogP contribution in [0.2, 0.25) is 0 Å². The Labute approximate surface area is 211 Å². The lowest BCUT2D eigenvalue weighted by Gasteiger charge is -2.08. The van der Waals surface area contributed by atoms with Crippen LogP contribution in [0.5, 0.6) is 11.5 Å². The second-order valence-electron chi connectivity index (χ2n) is 8.13. The lowest BCUT2D eigenvalue weighted by atomic mass is 10.0. The molecule has 4 heteroatoms. The van der Waals surface area contributed by atoms with Crippen molar-refractivity contribution in [2.45, 2.75) is 13.2 Å². The Hall–Kier alpha value is -4.70. The van der Waals surface area contributed by atoms with Gasteiger partial charge in [0.25, 0.3) is 0 Å². The summed E-state index contributed by atoms with van der Waals surface area (Å²) in [6.45, 7) is 0.882. The van der Waals surface area contributed by atoms with Crippen LogP contribution < -0.4 is 9.47 Å². The van der Waals surface area contributed by atoms with Gasteiger partial charge in [-0.15, -0.1) is 0 Å². The van der Waals surface area contributed by atoms with E-state index in [4.69, 9.17) is 9.47 Å². The maximum atomic E-state index is 11.9. The highest BCUT2D eigenvalue weighted by atomic mass is 16.5. The largest absolute Gasteiger partial charge is 0.489 e. The van der Waals surface area contributed by atoms with Crippen LogP contribution >= 0.6 is 0 Å². The van der Waals surface area contributed by atoms with Gasteiger partial charge in [0.1, 0.15) is 24.7 Å². The van der Waals surface area contributed by atoms with Crippen molar-refractivity contribution in [3.63, 3.8) is 0 Å². The van der Waals surface area contributed by atoms with Gasteiger partial charge in [0, 0.05) is 11.1 Å².